The minimum absolute atomic E-state index is 0.209. The summed E-state index contributed by atoms with van der Waals surface area (Å²) >= 11 is 3.40. The first kappa shape index (κ1) is 14.1. The lowest BCUT2D eigenvalue weighted by Gasteiger charge is -2.07. The van der Waals surface area contributed by atoms with Crippen molar-refractivity contribution in [2.24, 2.45) is 0 Å². The molecule has 106 valence electrons. The molecule has 0 unspecified atom stereocenters. The van der Waals surface area contributed by atoms with Crippen LogP contribution in [0, 0.1) is 22.7 Å². The van der Waals surface area contributed by atoms with Crippen molar-refractivity contribution >= 4 is 27.1 Å². The van der Waals surface area contributed by atoms with E-state index in [-0.39, 0.29) is 6.54 Å². The Labute approximate surface area is 134 Å². The van der Waals surface area contributed by atoms with Gasteiger partial charge in [0.05, 0.1) is 44.9 Å². The third-order valence-corrected chi connectivity index (χ3v) is 3.74. The van der Waals surface area contributed by atoms with Gasteiger partial charge in [-0.25, -0.2) is 4.52 Å². The fourth-order valence-corrected chi connectivity index (χ4v) is 2.46. The number of anilines is 1. The summed E-state index contributed by atoms with van der Waals surface area (Å²) in [5.41, 5.74) is 3.66. The minimum Gasteiger partial charge on any atom is -0.371 e. The van der Waals surface area contributed by atoms with E-state index in [1.54, 1.807) is 16.8 Å². The van der Waals surface area contributed by atoms with Gasteiger partial charge in [-0.3, -0.25) is 4.98 Å². The number of hydrogen-bond acceptors (Lipinski definition) is 5. The molecule has 3 heterocycles. The molecule has 3 rings (SSSR count). The zero-order chi connectivity index (χ0) is 15.5. The molecule has 1 N–H and O–H groups in total. The molecule has 6 nitrogen and oxygen atoms in total. The minimum atomic E-state index is 0.209. The molecule has 0 aliphatic heterocycles. The van der Waals surface area contributed by atoms with Crippen molar-refractivity contribution in [3.8, 4) is 23.5 Å². The summed E-state index contributed by atoms with van der Waals surface area (Å²) in [4.78, 5) is 4.39. The normalized spacial score (nSPS) is 10.1. The van der Waals surface area contributed by atoms with Crippen molar-refractivity contribution in [1.29, 1.82) is 10.5 Å². The Bertz CT molecular complexity index is 931. The highest BCUT2D eigenvalue weighted by Crippen LogP contribution is 2.27. The summed E-state index contributed by atoms with van der Waals surface area (Å²) in [6, 6.07) is 11.5. The van der Waals surface area contributed by atoms with Crippen LogP contribution in [0.25, 0.3) is 16.9 Å². The van der Waals surface area contributed by atoms with E-state index < -0.39 is 0 Å². The van der Waals surface area contributed by atoms with E-state index in [9.17, 15) is 0 Å². The maximum absolute atomic E-state index is 8.92. The van der Waals surface area contributed by atoms with Crippen LogP contribution in [0.15, 0.2) is 41.1 Å². The summed E-state index contributed by atoms with van der Waals surface area (Å²) in [6.07, 6.45) is 3.20. The van der Waals surface area contributed by atoms with E-state index in [1.807, 2.05) is 24.3 Å². The molecule has 0 atom stereocenters. The van der Waals surface area contributed by atoms with Gasteiger partial charge in [0.15, 0.2) is 0 Å². The van der Waals surface area contributed by atoms with Gasteiger partial charge < -0.3 is 5.32 Å². The molecule has 0 bridgehead atoms. The number of fused-ring (bicyclic) bond motifs is 1. The lowest BCUT2D eigenvalue weighted by molar-refractivity contribution is 0.939. The molecule has 0 aliphatic carbocycles. The van der Waals surface area contributed by atoms with Crippen LogP contribution >= 0.6 is 15.9 Å². The molecule has 0 aromatic carbocycles. The van der Waals surface area contributed by atoms with Crippen LogP contribution in [-0.2, 0) is 0 Å². The Morgan fingerprint density at radius 1 is 1.23 bits per heavy atom. The Balaban J connectivity index is 2.08. The number of pyridine rings is 1. The zero-order valence-corrected chi connectivity index (χ0v) is 12.9. The van der Waals surface area contributed by atoms with E-state index in [1.165, 1.54) is 6.20 Å². The summed E-state index contributed by atoms with van der Waals surface area (Å²) in [5, 5.41) is 24.9. The van der Waals surface area contributed by atoms with E-state index in [2.05, 4.69) is 37.4 Å². The SMILES string of the molecule is N#CCNc1cc(-c2ccc3cc(C#N)cnn23)ncc1Br. The summed E-state index contributed by atoms with van der Waals surface area (Å²) in [5.74, 6) is 0. The Kier molecular flexibility index (Phi) is 3.73. The fourth-order valence-electron chi connectivity index (χ4n) is 2.10. The van der Waals surface area contributed by atoms with Gasteiger partial charge in [0, 0.05) is 6.20 Å². The van der Waals surface area contributed by atoms with Crippen molar-refractivity contribution in [2.75, 3.05) is 11.9 Å². The van der Waals surface area contributed by atoms with Crippen molar-refractivity contribution in [2.45, 2.75) is 0 Å². The molecule has 0 radical (unpaired) electrons. The van der Waals surface area contributed by atoms with Crippen LogP contribution in [0.3, 0.4) is 0 Å². The van der Waals surface area contributed by atoms with Gasteiger partial charge in [-0.05, 0) is 40.2 Å². The number of nitriles is 2. The predicted molar refractivity (Wildman–Crippen MR) is 84.9 cm³/mol. The number of halogens is 1. The molecule has 3 aromatic heterocycles. The molecular formula is C15H9BrN6. The van der Waals surface area contributed by atoms with Gasteiger partial charge in [-0.1, -0.05) is 0 Å². The summed E-state index contributed by atoms with van der Waals surface area (Å²) in [6.45, 7) is 0.209. The van der Waals surface area contributed by atoms with E-state index in [4.69, 9.17) is 10.5 Å². The first-order chi connectivity index (χ1) is 10.7. The van der Waals surface area contributed by atoms with Gasteiger partial charge in [0.25, 0.3) is 0 Å². The van der Waals surface area contributed by atoms with Crippen molar-refractivity contribution in [1.82, 2.24) is 14.6 Å². The molecule has 3 aromatic rings. The number of aromatic nitrogens is 3. The van der Waals surface area contributed by atoms with E-state index >= 15 is 0 Å². The molecule has 0 fully saturated rings. The van der Waals surface area contributed by atoms with Crippen molar-refractivity contribution < 1.29 is 0 Å². The second-order valence-electron chi connectivity index (χ2n) is 4.47. The van der Waals surface area contributed by atoms with Crippen molar-refractivity contribution in [3.63, 3.8) is 0 Å². The Morgan fingerprint density at radius 3 is 2.86 bits per heavy atom. The molecule has 0 saturated carbocycles. The molecule has 0 aliphatic rings. The third-order valence-electron chi connectivity index (χ3n) is 3.11. The average molecular weight is 353 g/mol. The quantitative estimate of drug-likeness (QED) is 0.731. The van der Waals surface area contributed by atoms with Gasteiger partial charge >= 0.3 is 0 Å². The maximum Gasteiger partial charge on any atom is 0.103 e. The fraction of sp³-hybridized carbons (Fsp3) is 0.0667. The summed E-state index contributed by atoms with van der Waals surface area (Å²) in [7, 11) is 0. The number of rotatable bonds is 3. The molecule has 0 spiro atoms. The molecule has 22 heavy (non-hydrogen) atoms. The number of hydrogen-bond donors (Lipinski definition) is 1. The second kappa shape index (κ2) is 5.84. The zero-order valence-electron chi connectivity index (χ0n) is 11.3. The van der Waals surface area contributed by atoms with Gasteiger partial charge in [-0.2, -0.15) is 15.6 Å². The lowest BCUT2D eigenvalue weighted by atomic mass is 10.2. The maximum atomic E-state index is 8.92. The predicted octanol–water partition coefficient (Wildman–Crippen LogP) is 2.97. The lowest BCUT2D eigenvalue weighted by Crippen LogP contribution is -2.01. The smallest absolute Gasteiger partial charge is 0.103 e. The van der Waals surface area contributed by atoms with Crippen LogP contribution < -0.4 is 5.32 Å². The van der Waals surface area contributed by atoms with E-state index in [0.717, 1.165) is 27.1 Å². The third kappa shape index (κ3) is 2.50. The second-order valence-corrected chi connectivity index (χ2v) is 5.33. The largest absolute Gasteiger partial charge is 0.371 e. The van der Waals surface area contributed by atoms with Gasteiger partial charge in [-0.15, -0.1) is 0 Å². The number of nitrogens with one attached hydrogen (secondary N) is 1. The van der Waals surface area contributed by atoms with Crippen LogP contribution in [-0.4, -0.2) is 21.1 Å². The van der Waals surface area contributed by atoms with Gasteiger partial charge in [0.2, 0.25) is 0 Å². The highest BCUT2D eigenvalue weighted by molar-refractivity contribution is 9.10. The van der Waals surface area contributed by atoms with Crippen LogP contribution in [0.2, 0.25) is 0 Å². The topological polar surface area (TPSA) is 89.8 Å². The standard InChI is InChI=1S/C15H9BrN6/c16-12-9-20-14(6-13(12)19-4-3-17)15-2-1-11-5-10(7-18)8-21-22(11)15/h1-2,5-6,8-9H,4H2,(H,19,20). The van der Waals surface area contributed by atoms with E-state index in [0.29, 0.717) is 5.56 Å². The summed E-state index contributed by atoms with van der Waals surface area (Å²) < 4.78 is 2.51. The van der Waals surface area contributed by atoms with Crippen LogP contribution in [0.1, 0.15) is 5.56 Å². The van der Waals surface area contributed by atoms with Crippen LogP contribution in [0.4, 0.5) is 5.69 Å². The first-order valence-corrected chi connectivity index (χ1v) is 7.17. The number of nitrogens with zero attached hydrogens (tertiary/aromatic N) is 5. The highest BCUT2D eigenvalue weighted by Gasteiger charge is 2.10. The molecule has 7 heteroatoms. The van der Waals surface area contributed by atoms with Crippen molar-refractivity contribution in [3.05, 3.63) is 46.7 Å². The Hall–Kier alpha value is -2.90. The first-order valence-electron chi connectivity index (χ1n) is 6.37. The molecular weight excluding hydrogens is 344 g/mol. The van der Waals surface area contributed by atoms with Gasteiger partial charge in [0.1, 0.15) is 12.6 Å². The average Bonchev–Trinajstić information content (AvgIpc) is 2.97. The molecule has 0 amide bonds. The Morgan fingerprint density at radius 2 is 2.09 bits per heavy atom. The monoisotopic (exact) mass is 352 g/mol. The molecule has 0 saturated heterocycles. The van der Waals surface area contributed by atoms with Crippen LogP contribution in [0.5, 0.6) is 0 Å². The highest BCUT2D eigenvalue weighted by atomic mass is 79.9.